The summed E-state index contributed by atoms with van der Waals surface area (Å²) in [5.41, 5.74) is 1.28. The lowest BCUT2D eigenvalue weighted by Crippen LogP contribution is -2.10. The van der Waals surface area contributed by atoms with E-state index in [2.05, 4.69) is 55.2 Å². The third-order valence-electron chi connectivity index (χ3n) is 4.04. The molecule has 1 aliphatic rings. The minimum atomic E-state index is 0.745. The molecule has 19 heavy (non-hydrogen) atoms. The molecule has 0 spiro atoms. The smallest absolute Gasteiger partial charge is 0.0351 e. The number of rotatable bonds is 6. The normalized spacial score (nSPS) is 18.2. The van der Waals surface area contributed by atoms with Gasteiger partial charge >= 0.3 is 0 Å². The van der Waals surface area contributed by atoms with E-state index in [-0.39, 0.29) is 0 Å². The maximum atomic E-state index is 3.56. The molecule has 1 atom stereocenters. The second kappa shape index (κ2) is 7.84. The van der Waals surface area contributed by atoms with Gasteiger partial charge < -0.3 is 5.32 Å². The molecule has 1 fully saturated rings. The SMILES string of the molecule is CCC(C)CNc1cccc(SC2CCCCC2)c1. The Morgan fingerprint density at radius 2 is 2.05 bits per heavy atom. The van der Waals surface area contributed by atoms with Crippen LogP contribution in [0, 0.1) is 5.92 Å². The van der Waals surface area contributed by atoms with Gasteiger partial charge in [0.15, 0.2) is 0 Å². The summed E-state index contributed by atoms with van der Waals surface area (Å²) in [4.78, 5) is 1.43. The zero-order valence-electron chi connectivity index (χ0n) is 12.3. The average molecular weight is 277 g/mol. The Labute approximate surface area is 122 Å². The van der Waals surface area contributed by atoms with Crippen LogP contribution in [0.25, 0.3) is 0 Å². The maximum absolute atomic E-state index is 3.56. The highest BCUT2D eigenvalue weighted by molar-refractivity contribution is 8.00. The molecule has 2 rings (SSSR count). The highest BCUT2D eigenvalue weighted by atomic mass is 32.2. The predicted octanol–water partition coefficient (Wildman–Crippen LogP) is 5.57. The fourth-order valence-electron chi connectivity index (χ4n) is 2.49. The Hall–Kier alpha value is -0.630. The summed E-state index contributed by atoms with van der Waals surface area (Å²) < 4.78 is 0. The van der Waals surface area contributed by atoms with Crippen molar-refractivity contribution in [2.75, 3.05) is 11.9 Å². The van der Waals surface area contributed by atoms with Crippen LogP contribution in [0.3, 0.4) is 0 Å². The first kappa shape index (κ1) is 14.8. The van der Waals surface area contributed by atoms with Crippen molar-refractivity contribution >= 4 is 17.4 Å². The molecule has 0 saturated heterocycles. The number of anilines is 1. The molecule has 1 N–H and O–H groups in total. The lowest BCUT2D eigenvalue weighted by atomic mass is 10.0. The van der Waals surface area contributed by atoms with Gasteiger partial charge in [0.05, 0.1) is 0 Å². The molecular formula is C17H27NS. The van der Waals surface area contributed by atoms with Gasteiger partial charge in [-0.2, -0.15) is 0 Å². The third-order valence-corrected chi connectivity index (χ3v) is 5.37. The van der Waals surface area contributed by atoms with Gasteiger partial charge in [-0.05, 0) is 37.0 Å². The van der Waals surface area contributed by atoms with Crippen molar-refractivity contribution < 1.29 is 0 Å². The van der Waals surface area contributed by atoms with Gasteiger partial charge in [0.2, 0.25) is 0 Å². The molecule has 0 radical (unpaired) electrons. The Balaban J connectivity index is 1.87. The standard InChI is InChI=1S/C17H27NS/c1-3-14(2)13-18-15-8-7-11-17(12-15)19-16-9-5-4-6-10-16/h7-8,11-12,14,16,18H,3-6,9-10,13H2,1-2H3. The number of hydrogen-bond donors (Lipinski definition) is 1. The van der Waals surface area contributed by atoms with Crippen LogP contribution in [0.1, 0.15) is 52.4 Å². The van der Waals surface area contributed by atoms with Crippen molar-refractivity contribution in [3.8, 4) is 0 Å². The van der Waals surface area contributed by atoms with Crippen LogP contribution in [-0.4, -0.2) is 11.8 Å². The molecule has 1 unspecified atom stereocenters. The lowest BCUT2D eigenvalue weighted by molar-refractivity contribution is 0.516. The summed E-state index contributed by atoms with van der Waals surface area (Å²) in [5.74, 6) is 0.745. The van der Waals surface area contributed by atoms with Crippen molar-refractivity contribution in [3.05, 3.63) is 24.3 Å². The van der Waals surface area contributed by atoms with Crippen molar-refractivity contribution in [2.24, 2.45) is 5.92 Å². The van der Waals surface area contributed by atoms with Crippen LogP contribution < -0.4 is 5.32 Å². The third kappa shape index (κ3) is 5.10. The molecule has 1 saturated carbocycles. The van der Waals surface area contributed by atoms with Crippen LogP contribution in [-0.2, 0) is 0 Å². The Kier molecular flexibility index (Phi) is 6.09. The highest BCUT2D eigenvalue weighted by Crippen LogP contribution is 2.34. The minimum Gasteiger partial charge on any atom is -0.385 e. The van der Waals surface area contributed by atoms with Crippen molar-refractivity contribution in [1.82, 2.24) is 0 Å². The fourth-order valence-corrected chi connectivity index (χ4v) is 3.80. The number of benzene rings is 1. The Morgan fingerprint density at radius 3 is 2.79 bits per heavy atom. The van der Waals surface area contributed by atoms with Crippen LogP contribution in [0.2, 0.25) is 0 Å². The van der Waals surface area contributed by atoms with Crippen LogP contribution >= 0.6 is 11.8 Å². The monoisotopic (exact) mass is 277 g/mol. The van der Waals surface area contributed by atoms with Crippen molar-refractivity contribution in [1.29, 1.82) is 0 Å². The first-order valence-corrected chi connectivity index (χ1v) is 8.66. The number of nitrogens with one attached hydrogen (secondary N) is 1. The predicted molar refractivity (Wildman–Crippen MR) is 87.1 cm³/mol. The molecule has 0 heterocycles. The second-order valence-corrected chi connectivity index (χ2v) is 7.17. The van der Waals surface area contributed by atoms with Gasteiger partial charge in [-0.15, -0.1) is 11.8 Å². The van der Waals surface area contributed by atoms with Gasteiger partial charge in [0, 0.05) is 22.4 Å². The van der Waals surface area contributed by atoms with Crippen LogP contribution in [0.5, 0.6) is 0 Å². The molecule has 0 aliphatic heterocycles. The summed E-state index contributed by atoms with van der Waals surface area (Å²) in [6.07, 6.45) is 8.31. The van der Waals surface area contributed by atoms with Gasteiger partial charge in [-0.1, -0.05) is 45.6 Å². The number of thioether (sulfide) groups is 1. The second-order valence-electron chi connectivity index (χ2n) is 5.80. The van der Waals surface area contributed by atoms with Gasteiger partial charge in [0.1, 0.15) is 0 Å². The van der Waals surface area contributed by atoms with E-state index in [1.807, 2.05) is 0 Å². The fraction of sp³-hybridized carbons (Fsp3) is 0.647. The molecule has 2 heteroatoms. The van der Waals surface area contributed by atoms with Gasteiger partial charge in [-0.25, -0.2) is 0 Å². The zero-order chi connectivity index (χ0) is 13.5. The summed E-state index contributed by atoms with van der Waals surface area (Å²) >= 11 is 2.08. The van der Waals surface area contributed by atoms with E-state index >= 15 is 0 Å². The number of hydrogen-bond acceptors (Lipinski definition) is 2. The van der Waals surface area contributed by atoms with Crippen LogP contribution in [0.15, 0.2) is 29.2 Å². The Morgan fingerprint density at radius 1 is 1.26 bits per heavy atom. The molecular weight excluding hydrogens is 250 g/mol. The zero-order valence-corrected chi connectivity index (χ0v) is 13.1. The van der Waals surface area contributed by atoms with E-state index in [4.69, 9.17) is 0 Å². The van der Waals surface area contributed by atoms with E-state index < -0.39 is 0 Å². The molecule has 1 nitrogen and oxygen atoms in total. The van der Waals surface area contributed by atoms with E-state index in [0.717, 1.165) is 17.7 Å². The van der Waals surface area contributed by atoms with E-state index in [1.54, 1.807) is 0 Å². The van der Waals surface area contributed by atoms with E-state index in [9.17, 15) is 0 Å². The maximum Gasteiger partial charge on any atom is 0.0351 e. The molecule has 1 aromatic rings. The van der Waals surface area contributed by atoms with Crippen molar-refractivity contribution in [3.63, 3.8) is 0 Å². The topological polar surface area (TPSA) is 12.0 Å². The Bertz CT molecular complexity index is 371. The largest absolute Gasteiger partial charge is 0.385 e. The minimum absolute atomic E-state index is 0.745. The summed E-state index contributed by atoms with van der Waals surface area (Å²) in [7, 11) is 0. The van der Waals surface area contributed by atoms with Crippen LogP contribution in [0.4, 0.5) is 5.69 Å². The first-order valence-electron chi connectivity index (χ1n) is 7.78. The van der Waals surface area contributed by atoms with Gasteiger partial charge in [0.25, 0.3) is 0 Å². The van der Waals surface area contributed by atoms with Gasteiger partial charge in [-0.3, -0.25) is 0 Å². The average Bonchev–Trinajstić information content (AvgIpc) is 2.46. The highest BCUT2D eigenvalue weighted by Gasteiger charge is 2.14. The molecule has 0 aromatic heterocycles. The summed E-state index contributed by atoms with van der Waals surface area (Å²) in [5, 5.41) is 4.41. The summed E-state index contributed by atoms with van der Waals surface area (Å²) in [6, 6.07) is 8.95. The molecule has 1 aromatic carbocycles. The van der Waals surface area contributed by atoms with E-state index in [0.29, 0.717) is 0 Å². The summed E-state index contributed by atoms with van der Waals surface area (Å²) in [6.45, 7) is 5.63. The molecule has 1 aliphatic carbocycles. The van der Waals surface area contributed by atoms with E-state index in [1.165, 1.54) is 49.1 Å². The molecule has 106 valence electrons. The molecule has 0 bridgehead atoms. The molecule has 0 amide bonds. The first-order chi connectivity index (χ1) is 9.28. The quantitative estimate of drug-likeness (QED) is 0.729. The van der Waals surface area contributed by atoms with Crippen molar-refractivity contribution in [2.45, 2.75) is 62.5 Å². The lowest BCUT2D eigenvalue weighted by Gasteiger charge is -2.21.